The summed E-state index contributed by atoms with van der Waals surface area (Å²) in [6.07, 6.45) is 4.39. The fourth-order valence-corrected chi connectivity index (χ4v) is 1.59. The number of aromatic nitrogens is 1. The number of alkyl carbamates (subject to hydrolysis) is 1. The van der Waals surface area contributed by atoms with Crippen LogP contribution >= 0.6 is 0 Å². The minimum Gasteiger partial charge on any atom is -0.506 e. The van der Waals surface area contributed by atoms with E-state index in [0.29, 0.717) is 12.2 Å². The Hall–Kier alpha value is -2.82. The van der Waals surface area contributed by atoms with Crippen molar-refractivity contribution in [3.8, 4) is 5.75 Å². The fraction of sp³-hybridized carbons (Fsp3) is 0.125. The van der Waals surface area contributed by atoms with E-state index in [4.69, 9.17) is 9.84 Å². The second-order valence-electron chi connectivity index (χ2n) is 4.29. The number of pyridine rings is 1. The standard InChI is InChI=1S/C16H16N2O3/c19-15-9-8-14(18-11-15)7-4-10-17-16(20)21-12-13-5-2-1-3-6-13/h1-9,11,19H,10,12H2,(H,17,20). The Labute approximate surface area is 122 Å². The summed E-state index contributed by atoms with van der Waals surface area (Å²) in [5, 5.41) is 11.7. The number of nitrogens with zero attached hydrogens (tertiary/aromatic N) is 1. The zero-order valence-electron chi connectivity index (χ0n) is 11.4. The van der Waals surface area contributed by atoms with Gasteiger partial charge in [0.05, 0.1) is 11.9 Å². The van der Waals surface area contributed by atoms with Gasteiger partial charge in [-0.2, -0.15) is 0 Å². The molecule has 0 bridgehead atoms. The van der Waals surface area contributed by atoms with Gasteiger partial charge in [0.1, 0.15) is 12.4 Å². The van der Waals surface area contributed by atoms with E-state index in [1.807, 2.05) is 30.3 Å². The van der Waals surface area contributed by atoms with Crippen LogP contribution in [0, 0.1) is 0 Å². The second-order valence-corrected chi connectivity index (χ2v) is 4.29. The lowest BCUT2D eigenvalue weighted by Crippen LogP contribution is -2.24. The zero-order valence-corrected chi connectivity index (χ0v) is 11.4. The van der Waals surface area contributed by atoms with Gasteiger partial charge in [-0.25, -0.2) is 4.79 Å². The summed E-state index contributed by atoms with van der Waals surface area (Å²) in [5.41, 5.74) is 1.64. The molecule has 108 valence electrons. The Kier molecular flexibility index (Phi) is 5.34. The third-order valence-electron chi connectivity index (χ3n) is 2.64. The molecule has 5 nitrogen and oxygen atoms in total. The van der Waals surface area contributed by atoms with Crippen LogP contribution in [0.2, 0.25) is 0 Å². The third kappa shape index (κ3) is 5.36. The van der Waals surface area contributed by atoms with E-state index in [1.54, 1.807) is 24.3 Å². The van der Waals surface area contributed by atoms with Crippen molar-refractivity contribution in [2.45, 2.75) is 6.61 Å². The molecule has 0 aliphatic heterocycles. The Balaban J connectivity index is 1.68. The molecular formula is C16H16N2O3. The van der Waals surface area contributed by atoms with Gasteiger partial charge in [-0.1, -0.05) is 36.4 Å². The van der Waals surface area contributed by atoms with Crippen molar-refractivity contribution >= 4 is 12.2 Å². The number of aromatic hydroxyl groups is 1. The van der Waals surface area contributed by atoms with Crippen molar-refractivity contribution in [1.29, 1.82) is 0 Å². The first-order valence-electron chi connectivity index (χ1n) is 6.50. The van der Waals surface area contributed by atoms with Gasteiger partial charge in [0.15, 0.2) is 0 Å². The molecule has 0 saturated heterocycles. The topological polar surface area (TPSA) is 71.5 Å². The first kappa shape index (κ1) is 14.6. The van der Waals surface area contributed by atoms with Crippen molar-refractivity contribution in [1.82, 2.24) is 10.3 Å². The number of benzene rings is 1. The molecule has 2 aromatic rings. The Morgan fingerprint density at radius 1 is 1.24 bits per heavy atom. The number of amides is 1. The van der Waals surface area contributed by atoms with Crippen LogP contribution in [0.15, 0.2) is 54.7 Å². The molecule has 1 amide bonds. The lowest BCUT2D eigenvalue weighted by Gasteiger charge is -2.05. The first-order valence-corrected chi connectivity index (χ1v) is 6.50. The third-order valence-corrected chi connectivity index (χ3v) is 2.64. The number of carbonyl (C=O) groups is 1. The van der Waals surface area contributed by atoms with E-state index in [1.165, 1.54) is 6.20 Å². The molecular weight excluding hydrogens is 268 g/mol. The average molecular weight is 284 g/mol. The molecule has 1 aromatic heterocycles. The van der Waals surface area contributed by atoms with Crippen molar-refractivity contribution in [2.24, 2.45) is 0 Å². The van der Waals surface area contributed by atoms with Gasteiger partial charge >= 0.3 is 6.09 Å². The molecule has 5 heteroatoms. The summed E-state index contributed by atoms with van der Waals surface area (Å²) in [7, 11) is 0. The number of nitrogens with one attached hydrogen (secondary N) is 1. The van der Waals surface area contributed by atoms with Gasteiger partial charge < -0.3 is 15.2 Å². The first-order chi connectivity index (χ1) is 10.2. The number of hydrogen-bond acceptors (Lipinski definition) is 4. The van der Waals surface area contributed by atoms with Crippen LogP contribution in [0.1, 0.15) is 11.3 Å². The van der Waals surface area contributed by atoms with Gasteiger partial charge in [-0.05, 0) is 23.8 Å². The molecule has 0 unspecified atom stereocenters. The van der Waals surface area contributed by atoms with Crippen LogP contribution in [0.25, 0.3) is 6.08 Å². The van der Waals surface area contributed by atoms with Crippen LogP contribution in [0.3, 0.4) is 0 Å². The summed E-state index contributed by atoms with van der Waals surface area (Å²) in [5.74, 6) is 0.120. The summed E-state index contributed by atoms with van der Waals surface area (Å²) in [4.78, 5) is 15.4. The van der Waals surface area contributed by atoms with Gasteiger partial charge in [-0.15, -0.1) is 0 Å². The maximum atomic E-state index is 11.5. The maximum absolute atomic E-state index is 11.5. The summed E-state index contributed by atoms with van der Waals surface area (Å²) >= 11 is 0. The molecule has 0 radical (unpaired) electrons. The van der Waals surface area contributed by atoms with E-state index < -0.39 is 6.09 Å². The normalized spacial score (nSPS) is 10.5. The van der Waals surface area contributed by atoms with E-state index in [2.05, 4.69) is 10.3 Å². The molecule has 0 spiro atoms. The summed E-state index contributed by atoms with van der Waals surface area (Å²) in [6, 6.07) is 12.7. The minimum atomic E-state index is -0.470. The molecule has 0 saturated carbocycles. The van der Waals surface area contributed by atoms with Crippen molar-refractivity contribution < 1.29 is 14.6 Å². The summed E-state index contributed by atoms with van der Waals surface area (Å²) in [6.45, 7) is 0.589. The van der Waals surface area contributed by atoms with Gasteiger partial charge in [0.25, 0.3) is 0 Å². The van der Waals surface area contributed by atoms with Crippen molar-refractivity contribution in [3.63, 3.8) is 0 Å². The lowest BCUT2D eigenvalue weighted by molar-refractivity contribution is 0.141. The average Bonchev–Trinajstić information content (AvgIpc) is 2.52. The fourth-order valence-electron chi connectivity index (χ4n) is 1.59. The van der Waals surface area contributed by atoms with Crippen LogP contribution < -0.4 is 5.32 Å². The quantitative estimate of drug-likeness (QED) is 0.885. The van der Waals surface area contributed by atoms with E-state index >= 15 is 0 Å². The zero-order chi connectivity index (χ0) is 14.9. The van der Waals surface area contributed by atoms with Crippen molar-refractivity contribution in [2.75, 3.05) is 6.54 Å². The number of carbonyl (C=O) groups excluding carboxylic acids is 1. The molecule has 0 aliphatic carbocycles. The maximum Gasteiger partial charge on any atom is 0.407 e. The predicted molar refractivity (Wildman–Crippen MR) is 79.6 cm³/mol. The minimum absolute atomic E-state index is 0.120. The number of hydrogen-bond donors (Lipinski definition) is 2. The van der Waals surface area contributed by atoms with Gasteiger partial charge in [0, 0.05) is 6.54 Å². The molecule has 1 aromatic carbocycles. The van der Waals surface area contributed by atoms with Crippen LogP contribution in [0.5, 0.6) is 5.75 Å². The summed E-state index contributed by atoms with van der Waals surface area (Å²) < 4.78 is 5.06. The Morgan fingerprint density at radius 2 is 2.05 bits per heavy atom. The highest BCUT2D eigenvalue weighted by molar-refractivity contribution is 5.67. The Morgan fingerprint density at radius 3 is 2.76 bits per heavy atom. The van der Waals surface area contributed by atoms with E-state index in [-0.39, 0.29) is 12.4 Å². The highest BCUT2D eigenvalue weighted by Gasteiger charge is 2.00. The van der Waals surface area contributed by atoms with Crippen LogP contribution in [-0.2, 0) is 11.3 Å². The molecule has 2 N–H and O–H groups in total. The molecule has 0 fully saturated rings. The lowest BCUT2D eigenvalue weighted by atomic mass is 10.2. The molecule has 2 rings (SSSR count). The molecule has 21 heavy (non-hydrogen) atoms. The smallest absolute Gasteiger partial charge is 0.407 e. The SMILES string of the molecule is O=C(NCC=Cc1ccc(O)cn1)OCc1ccccc1. The van der Waals surface area contributed by atoms with E-state index in [9.17, 15) is 4.79 Å². The van der Waals surface area contributed by atoms with Gasteiger partial charge in [-0.3, -0.25) is 4.98 Å². The Bertz CT molecular complexity index is 595. The van der Waals surface area contributed by atoms with Crippen molar-refractivity contribution in [3.05, 3.63) is 66.0 Å². The second kappa shape index (κ2) is 7.69. The van der Waals surface area contributed by atoms with Gasteiger partial charge in [0.2, 0.25) is 0 Å². The number of ether oxygens (including phenoxy) is 1. The highest BCUT2D eigenvalue weighted by Crippen LogP contribution is 2.06. The van der Waals surface area contributed by atoms with E-state index in [0.717, 1.165) is 5.56 Å². The monoisotopic (exact) mass is 284 g/mol. The molecule has 1 heterocycles. The molecule has 0 atom stereocenters. The molecule has 0 aliphatic rings. The number of rotatable bonds is 5. The van der Waals surface area contributed by atoms with Crippen LogP contribution in [-0.4, -0.2) is 22.7 Å². The largest absolute Gasteiger partial charge is 0.506 e. The van der Waals surface area contributed by atoms with Crippen LogP contribution in [0.4, 0.5) is 4.79 Å². The predicted octanol–water partition coefficient (Wildman–Crippen LogP) is 2.73. The highest BCUT2D eigenvalue weighted by atomic mass is 16.5.